The average molecular weight is 549 g/mol. The van der Waals surface area contributed by atoms with Crippen molar-refractivity contribution >= 4 is 17.8 Å². The highest BCUT2D eigenvalue weighted by molar-refractivity contribution is 5.89. The summed E-state index contributed by atoms with van der Waals surface area (Å²) in [6.07, 6.45) is 10.7. The number of fused-ring (bicyclic) bond motifs is 3. The summed E-state index contributed by atoms with van der Waals surface area (Å²) in [4.78, 5) is 34.4. The van der Waals surface area contributed by atoms with E-state index in [2.05, 4.69) is 15.3 Å². The Hall–Kier alpha value is -2.30. The molecule has 1 amide bonds. The molecular weight excluding hydrogens is 516 g/mol. The van der Waals surface area contributed by atoms with Gasteiger partial charge in [0.15, 0.2) is 12.6 Å². The number of halogens is 1. The molecule has 190 valence electrons. The summed E-state index contributed by atoms with van der Waals surface area (Å²) in [5.74, 6) is -0.190. The average Bonchev–Trinajstić information content (AvgIpc) is 3.40. The molecule has 3 aliphatic heterocycles. The summed E-state index contributed by atoms with van der Waals surface area (Å²) in [6.45, 7) is 2.59. The molecule has 2 aromatic heterocycles. The van der Waals surface area contributed by atoms with Gasteiger partial charge in [-0.1, -0.05) is 19.3 Å². The first-order valence-electron chi connectivity index (χ1n) is 12.4. The van der Waals surface area contributed by atoms with Crippen LogP contribution in [0.1, 0.15) is 50.7 Å². The van der Waals surface area contributed by atoms with E-state index in [1.54, 1.807) is 30.6 Å². The SMILES string of the molecule is O=C(C[N+]12CCC(CC1)C(OC(=O)[C@](O)(c1ccco1)C1CCCCC1)C2)Nc1ncccn1.[Br-]. The van der Waals surface area contributed by atoms with E-state index in [4.69, 9.17) is 9.15 Å². The number of nitrogens with zero attached hydrogens (tertiary/aromatic N) is 3. The zero-order valence-corrected chi connectivity index (χ0v) is 21.4. The number of rotatable bonds is 7. The van der Waals surface area contributed by atoms with Gasteiger partial charge in [0, 0.05) is 37.1 Å². The highest BCUT2D eigenvalue weighted by Crippen LogP contribution is 2.42. The van der Waals surface area contributed by atoms with Crippen LogP contribution in [-0.4, -0.2) is 63.7 Å². The Bertz CT molecular complexity index is 991. The van der Waals surface area contributed by atoms with Gasteiger partial charge in [-0.3, -0.25) is 10.1 Å². The maximum atomic E-state index is 13.5. The Morgan fingerprint density at radius 1 is 1.11 bits per heavy atom. The van der Waals surface area contributed by atoms with Crippen LogP contribution < -0.4 is 22.3 Å². The van der Waals surface area contributed by atoms with Gasteiger partial charge in [0.2, 0.25) is 11.5 Å². The molecule has 3 saturated heterocycles. The molecule has 9 nitrogen and oxygen atoms in total. The molecule has 4 aliphatic rings. The summed E-state index contributed by atoms with van der Waals surface area (Å²) >= 11 is 0. The number of carbonyl (C=O) groups excluding carboxylic acids is 2. The van der Waals surface area contributed by atoms with Crippen LogP contribution in [0.5, 0.6) is 0 Å². The number of carbonyl (C=O) groups is 2. The number of nitrogens with one attached hydrogen (secondary N) is 1. The molecule has 0 radical (unpaired) electrons. The molecule has 0 aromatic carbocycles. The molecular formula is C25H33BrN4O5. The predicted molar refractivity (Wildman–Crippen MR) is 122 cm³/mol. The number of piperidine rings is 3. The highest BCUT2D eigenvalue weighted by atomic mass is 79.9. The minimum Gasteiger partial charge on any atom is -1.00 e. The molecule has 2 bridgehead atoms. The molecule has 10 heteroatoms. The molecule has 35 heavy (non-hydrogen) atoms. The smallest absolute Gasteiger partial charge is 0.346 e. The van der Waals surface area contributed by atoms with E-state index in [9.17, 15) is 14.7 Å². The molecule has 2 atom stereocenters. The van der Waals surface area contributed by atoms with Crippen molar-refractivity contribution in [2.75, 3.05) is 31.5 Å². The molecule has 2 aromatic rings. The normalized spacial score (nSPS) is 27.9. The van der Waals surface area contributed by atoms with E-state index in [0.717, 1.165) is 58.0 Å². The first-order valence-corrected chi connectivity index (χ1v) is 12.4. The van der Waals surface area contributed by atoms with Crippen molar-refractivity contribution < 1.29 is 45.3 Å². The lowest BCUT2D eigenvalue weighted by atomic mass is 9.75. The van der Waals surface area contributed by atoms with Crippen LogP contribution >= 0.6 is 0 Å². The first-order chi connectivity index (χ1) is 16.5. The molecule has 4 fully saturated rings. The summed E-state index contributed by atoms with van der Waals surface area (Å²) in [5, 5.41) is 14.5. The number of aliphatic hydroxyl groups is 1. The summed E-state index contributed by atoms with van der Waals surface area (Å²) in [7, 11) is 0. The standard InChI is InChI=1S/C25H32N4O5.BrH/c30-22(28-24-26-11-5-12-27-24)17-29-13-9-18(10-14-29)20(16-29)34-23(31)25(32,21-8-4-15-33-21)19-6-2-1-3-7-19;/h4-5,8,11-12,15,18-20,32H,1-3,6-7,9-10,13-14,16-17H2;1H/t18?,20?,25-,29?;/m1./s1. The fraction of sp³-hybridized carbons (Fsp3) is 0.600. The lowest BCUT2D eigenvalue weighted by Crippen LogP contribution is -3.00. The number of anilines is 1. The van der Waals surface area contributed by atoms with E-state index in [1.165, 1.54) is 6.26 Å². The molecule has 1 unspecified atom stereocenters. The monoisotopic (exact) mass is 548 g/mol. The van der Waals surface area contributed by atoms with Gasteiger partial charge in [-0.15, -0.1) is 0 Å². The number of hydrogen-bond acceptors (Lipinski definition) is 7. The minimum absolute atomic E-state index is 0. The largest absolute Gasteiger partial charge is 1.00 e. The first kappa shape index (κ1) is 25.8. The Kier molecular flexibility index (Phi) is 7.92. The minimum atomic E-state index is -1.78. The van der Waals surface area contributed by atoms with Crippen molar-refractivity contribution in [3.63, 3.8) is 0 Å². The number of aromatic nitrogens is 2. The molecule has 1 saturated carbocycles. The van der Waals surface area contributed by atoms with E-state index in [-0.39, 0.29) is 59.1 Å². The van der Waals surface area contributed by atoms with Crippen molar-refractivity contribution in [2.24, 2.45) is 11.8 Å². The Morgan fingerprint density at radius 3 is 2.49 bits per heavy atom. The zero-order chi connectivity index (χ0) is 23.6. The molecule has 0 spiro atoms. The van der Waals surface area contributed by atoms with E-state index < -0.39 is 11.6 Å². The van der Waals surface area contributed by atoms with Gasteiger partial charge >= 0.3 is 5.97 Å². The van der Waals surface area contributed by atoms with Crippen LogP contribution in [0, 0.1) is 11.8 Å². The number of esters is 1. The fourth-order valence-corrected chi connectivity index (χ4v) is 6.12. The second-order valence-electron chi connectivity index (χ2n) is 10.1. The highest BCUT2D eigenvalue weighted by Gasteiger charge is 2.54. The van der Waals surface area contributed by atoms with Crippen LogP contribution in [0.3, 0.4) is 0 Å². The van der Waals surface area contributed by atoms with Crippen LogP contribution in [0.2, 0.25) is 0 Å². The number of quaternary nitrogens is 1. The lowest BCUT2D eigenvalue weighted by Gasteiger charge is -2.51. The number of ether oxygens (including phenoxy) is 1. The quantitative estimate of drug-likeness (QED) is 0.358. The zero-order valence-electron chi connectivity index (χ0n) is 19.8. The Balaban J connectivity index is 0.00000289. The van der Waals surface area contributed by atoms with Crippen LogP contribution in [0.25, 0.3) is 0 Å². The fourth-order valence-electron chi connectivity index (χ4n) is 6.12. The van der Waals surface area contributed by atoms with E-state index >= 15 is 0 Å². The van der Waals surface area contributed by atoms with Gasteiger partial charge in [0.25, 0.3) is 5.91 Å². The van der Waals surface area contributed by atoms with E-state index in [1.807, 2.05) is 0 Å². The summed E-state index contributed by atoms with van der Waals surface area (Å²) in [5.41, 5.74) is -1.78. The van der Waals surface area contributed by atoms with E-state index in [0.29, 0.717) is 11.0 Å². The molecule has 5 heterocycles. The van der Waals surface area contributed by atoms with Gasteiger partial charge < -0.3 is 35.7 Å². The maximum absolute atomic E-state index is 13.5. The van der Waals surface area contributed by atoms with Crippen molar-refractivity contribution in [1.82, 2.24) is 9.97 Å². The second kappa shape index (κ2) is 10.8. The van der Waals surface area contributed by atoms with Crippen molar-refractivity contribution in [1.29, 1.82) is 0 Å². The number of hydrogen-bond donors (Lipinski definition) is 2. The van der Waals surface area contributed by atoms with Gasteiger partial charge in [0.05, 0.1) is 19.4 Å². The van der Waals surface area contributed by atoms with Crippen LogP contribution in [0.15, 0.2) is 41.3 Å². The third-order valence-corrected chi connectivity index (χ3v) is 8.00. The number of furan rings is 1. The van der Waals surface area contributed by atoms with Gasteiger partial charge in [0.1, 0.15) is 12.3 Å². The van der Waals surface area contributed by atoms with Crippen molar-refractivity contribution in [2.45, 2.75) is 56.7 Å². The molecule has 6 rings (SSSR count). The summed E-state index contributed by atoms with van der Waals surface area (Å²) in [6, 6.07) is 5.05. The van der Waals surface area contributed by atoms with Crippen LogP contribution in [0.4, 0.5) is 5.95 Å². The van der Waals surface area contributed by atoms with Gasteiger partial charge in [-0.05, 0) is 31.0 Å². The Labute approximate surface area is 215 Å². The third-order valence-electron chi connectivity index (χ3n) is 8.00. The third kappa shape index (κ3) is 5.29. The second-order valence-corrected chi connectivity index (χ2v) is 10.1. The predicted octanol–water partition coefficient (Wildman–Crippen LogP) is -0.368. The number of amides is 1. The summed E-state index contributed by atoms with van der Waals surface area (Å²) < 4.78 is 12.2. The van der Waals surface area contributed by atoms with Crippen molar-refractivity contribution in [3.8, 4) is 0 Å². The topological polar surface area (TPSA) is 115 Å². The maximum Gasteiger partial charge on any atom is 0.346 e. The van der Waals surface area contributed by atoms with Crippen molar-refractivity contribution in [3.05, 3.63) is 42.6 Å². The van der Waals surface area contributed by atoms with Crippen LogP contribution in [-0.2, 0) is 19.9 Å². The lowest BCUT2D eigenvalue weighted by molar-refractivity contribution is -0.939. The molecule has 2 N–H and O–H groups in total. The van der Waals surface area contributed by atoms with Gasteiger partial charge in [-0.2, -0.15) is 0 Å². The van der Waals surface area contributed by atoms with Gasteiger partial charge in [-0.25, -0.2) is 14.8 Å². The molecule has 1 aliphatic carbocycles. The Morgan fingerprint density at radius 2 is 1.83 bits per heavy atom.